The van der Waals surface area contributed by atoms with E-state index in [1.165, 1.54) is 12.1 Å². The average molecular weight is 382 g/mol. The van der Waals surface area contributed by atoms with E-state index in [4.69, 9.17) is 0 Å². The summed E-state index contributed by atoms with van der Waals surface area (Å²) in [4.78, 5) is 4.52. The molecule has 0 aliphatic carbocycles. The highest BCUT2D eigenvalue weighted by Crippen LogP contribution is 2.30. The molecule has 2 heterocycles. The molecule has 0 radical (unpaired) electrons. The van der Waals surface area contributed by atoms with E-state index in [1.54, 1.807) is 18.3 Å². The van der Waals surface area contributed by atoms with Crippen molar-refractivity contribution >= 4 is 21.6 Å². The van der Waals surface area contributed by atoms with Gasteiger partial charge in [0.1, 0.15) is 5.82 Å². The molecule has 0 aliphatic rings. The molecule has 5 heteroatoms. The van der Waals surface area contributed by atoms with E-state index < -0.39 is 0 Å². The van der Waals surface area contributed by atoms with Crippen LogP contribution >= 0.6 is 15.9 Å². The Balaban J connectivity index is 1.95. The van der Waals surface area contributed by atoms with Crippen LogP contribution in [0.1, 0.15) is 5.69 Å². The minimum atomic E-state index is -0.253. The third-order valence-electron chi connectivity index (χ3n) is 3.97. The number of nitrogens with zero attached hydrogens (tertiary/aromatic N) is 3. The third-order valence-corrected chi connectivity index (χ3v) is 4.49. The predicted octanol–water partition coefficient (Wildman–Crippen LogP) is 5.27. The highest BCUT2D eigenvalue weighted by atomic mass is 79.9. The lowest BCUT2D eigenvalue weighted by Crippen LogP contribution is -1.96. The number of rotatable bonds is 2. The van der Waals surface area contributed by atoms with Gasteiger partial charge in [0, 0.05) is 21.8 Å². The molecule has 0 fully saturated rings. The van der Waals surface area contributed by atoms with Crippen LogP contribution in [0.4, 0.5) is 4.39 Å². The van der Waals surface area contributed by atoms with E-state index in [-0.39, 0.29) is 5.82 Å². The van der Waals surface area contributed by atoms with Crippen LogP contribution < -0.4 is 0 Å². The number of halogens is 2. The summed E-state index contributed by atoms with van der Waals surface area (Å²) in [6, 6.07) is 16.4. The van der Waals surface area contributed by atoms with E-state index in [2.05, 4.69) is 26.0 Å². The van der Waals surface area contributed by atoms with Crippen molar-refractivity contribution in [3.63, 3.8) is 0 Å². The Morgan fingerprint density at radius 1 is 0.917 bits per heavy atom. The Morgan fingerprint density at radius 3 is 2.29 bits per heavy atom. The fraction of sp³-hybridized carbons (Fsp3) is 0.0526. The van der Waals surface area contributed by atoms with Crippen LogP contribution in [0.5, 0.6) is 0 Å². The lowest BCUT2D eigenvalue weighted by atomic mass is 10.1. The molecule has 0 unspecified atom stereocenters. The van der Waals surface area contributed by atoms with Crippen molar-refractivity contribution in [3.8, 4) is 22.4 Å². The molecule has 0 aliphatic heterocycles. The van der Waals surface area contributed by atoms with Crippen LogP contribution in [0.15, 0.2) is 65.3 Å². The summed E-state index contributed by atoms with van der Waals surface area (Å²) in [6.07, 6.45) is 1.76. The van der Waals surface area contributed by atoms with E-state index in [1.807, 2.05) is 41.8 Å². The van der Waals surface area contributed by atoms with Crippen LogP contribution in [0.2, 0.25) is 0 Å². The van der Waals surface area contributed by atoms with Crippen molar-refractivity contribution in [1.82, 2.24) is 14.6 Å². The molecule has 2 aromatic heterocycles. The Bertz CT molecular complexity index is 1020. The van der Waals surface area contributed by atoms with Gasteiger partial charge in [0.2, 0.25) is 0 Å². The summed E-state index contributed by atoms with van der Waals surface area (Å²) in [5, 5.41) is 4.66. The van der Waals surface area contributed by atoms with Gasteiger partial charge < -0.3 is 0 Å². The first-order chi connectivity index (χ1) is 11.6. The number of aryl methyl sites for hydroxylation is 1. The summed E-state index contributed by atoms with van der Waals surface area (Å²) in [6.45, 7) is 1.97. The van der Waals surface area contributed by atoms with Crippen LogP contribution in [-0.2, 0) is 0 Å². The normalized spacial score (nSPS) is 11.1. The standard InChI is InChI=1S/C19H13BrFN3/c1-12-18(14-2-6-15(20)7-3-14)19-22-11-10-17(24(19)23-12)13-4-8-16(21)9-5-13/h2-11H,1H3. The first-order valence-corrected chi connectivity index (χ1v) is 8.29. The zero-order valence-corrected chi connectivity index (χ0v) is 14.5. The molecule has 0 bridgehead atoms. The molecule has 4 rings (SSSR count). The monoisotopic (exact) mass is 381 g/mol. The molecule has 4 aromatic rings. The molecule has 0 amide bonds. The molecule has 0 saturated carbocycles. The summed E-state index contributed by atoms with van der Waals surface area (Å²) >= 11 is 3.46. The highest BCUT2D eigenvalue weighted by Gasteiger charge is 2.15. The van der Waals surface area contributed by atoms with Gasteiger partial charge in [0.05, 0.1) is 11.4 Å². The summed E-state index contributed by atoms with van der Waals surface area (Å²) in [5.74, 6) is -0.253. The van der Waals surface area contributed by atoms with Crippen LogP contribution in [0, 0.1) is 12.7 Å². The second-order valence-corrected chi connectivity index (χ2v) is 6.46. The molecule has 0 N–H and O–H groups in total. The first-order valence-electron chi connectivity index (χ1n) is 7.50. The SMILES string of the molecule is Cc1nn2c(-c3ccc(F)cc3)ccnc2c1-c1ccc(Br)cc1. The number of hydrogen-bond acceptors (Lipinski definition) is 2. The van der Waals surface area contributed by atoms with Crippen molar-refractivity contribution in [3.05, 3.63) is 76.8 Å². The largest absolute Gasteiger partial charge is 0.236 e. The number of benzene rings is 2. The van der Waals surface area contributed by atoms with Gasteiger partial charge in [-0.25, -0.2) is 13.9 Å². The van der Waals surface area contributed by atoms with Gasteiger partial charge in [-0.05, 0) is 55.0 Å². The van der Waals surface area contributed by atoms with E-state index in [9.17, 15) is 4.39 Å². The first kappa shape index (κ1) is 15.0. The Morgan fingerprint density at radius 2 is 1.58 bits per heavy atom. The summed E-state index contributed by atoms with van der Waals surface area (Å²) in [5.41, 5.74) is 5.54. The quantitative estimate of drug-likeness (QED) is 0.473. The molecule has 0 atom stereocenters. The van der Waals surface area contributed by atoms with Crippen molar-refractivity contribution < 1.29 is 4.39 Å². The van der Waals surface area contributed by atoms with Crippen LogP contribution in [0.25, 0.3) is 28.0 Å². The summed E-state index contributed by atoms with van der Waals surface area (Å²) < 4.78 is 16.0. The molecule has 0 saturated heterocycles. The second-order valence-electron chi connectivity index (χ2n) is 5.54. The van der Waals surface area contributed by atoms with Crippen molar-refractivity contribution in [2.24, 2.45) is 0 Å². The Kier molecular flexibility index (Phi) is 3.65. The highest BCUT2D eigenvalue weighted by molar-refractivity contribution is 9.10. The molecule has 3 nitrogen and oxygen atoms in total. The smallest absolute Gasteiger partial charge is 0.163 e. The zero-order valence-electron chi connectivity index (χ0n) is 12.9. The van der Waals surface area contributed by atoms with Gasteiger partial charge in [0.15, 0.2) is 5.65 Å². The number of aromatic nitrogens is 3. The minimum Gasteiger partial charge on any atom is -0.236 e. The fourth-order valence-electron chi connectivity index (χ4n) is 2.85. The van der Waals surface area contributed by atoms with Crippen LogP contribution in [-0.4, -0.2) is 14.6 Å². The molecule has 2 aromatic carbocycles. The maximum absolute atomic E-state index is 13.2. The fourth-order valence-corrected chi connectivity index (χ4v) is 3.11. The Hall–Kier alpha value is -2.53. The second kappa shape index (κ2) is 5.83. The van der Waals surface area contributed by atoms with Gasteiger partial charge in [-0.15, -0.1) is 0 Å². The van der Waals surface area contributed by atoms with E-state index >= 15 is 0 Å². The molecular weight excluding hydrogens is 369 g/mol. The average Bonchev–Trinajstić information content (AvgIpc) is 2.92. The zero-order chi connectivity index (χ0) is 16.7. The van der Waals surface area contributed by atoms with Crippen LogP contribution in [0.3, 0.4) is 0 Å². The number of fused-ring (bicyclic) bond motifs is 1. The minimum absolute atomic E-state index is 0.253. The van der Waals surface area contributed by atoms with Crippen molar-refractivity contribution in [1.29, 1.82) is 0 Å². The van der Waals surface area contributed by atoms with Gasteiger partial charge in [0.25, 0.3) is 0 Å². The molecular formula is C19H13BrFN3. The topological polar surface area (TPSA) is 30.2 Å². The number of hydrogen-bond donors (Lipinski definition) is 0. The summed E-state index contributed by atoms with van der Waals surface area (Å²) in [7, 11) is 0. The van der Waals surface area contributed by atoms with Crippen molar-refractivity contribution in [2.75, 3.05) is 0 Å². The van der Waals surface area contributed by atoms with E-state index in [0.717, 1.165) is 38.2 Å². The lowest BCUT2D eigenvalue weighted by molar-refractivity contribution is 0.628. The predicted molar refractivity (Wildman–Crippen MR) is 96.3 cm³/mol. The lowest BCUT2D eigenvalue weighted by Gasteiger charge is -2.05. The van der Waals surface area contributed by atoms with Gasteiger partial charge >= 0.3 is 0 Å². The van der Waals surface area contributed by atoms with Crippen molar-refractivity contribution in [2.45, 2.75) is 6.92 Å². The maximum atomic E-state index is 13.2. The van der Waals surface area contributed by atoms with Gasteiger partial charge in [-0.2, -0.15) is 5.10 Å². The molecule has 0 spiro atoms. The molecule has 118 valence electrons. The van der Waals surface area contributed by atoms with E-state index in [0.29, 0.717) is 0 Å². The molecule has 24 heavy (non-hydrogen) atoms. The Labute approximate surface area is 146 Å². The third kappa shape index (κ3) is 2.51. The van der Waals surface area contributed by atoms with Gasteiger partial charge in [-0.1, -0.05) is 28.1 Å². The maximum Gasteiger partial charge on any atom is 0.163 e. The van der Waals surface area contributed by atoms with Gasteiger partial charge in [-0.3, -0.25) is 0 Å².